The number of rotatable bonds is 4. The van der Waals surface area contributed by atoms with Gasteiger partial charge in [-0.1, -0.05) is 29.8 Å². The summed E-state index contributed by atoms with van der Waals surface area (Å²) in [5, 5.41) is 11.7. The smallest absolute Gasteiger partial charge is 0.332 e. The molecule has 1 heterocycles. The standard InChI is InChI=1S/C15H18BrNO4/c1-8(2)10-7-9(16)3-4-11(10)17-14(18)12-5-6-13(21-12)15(19)20/h3-4,7-8,12-13H,5-6H2,1-2H3,(H,17,18)(H,19,20)/t12-,13+/m0/s1. The molecule has 1 saturated heterocycles. The number of amides is 1. The summed E-state index contributed by atoms with van der Waals surface area (Å²) in [5.41, 5.74) is 1.76. The Morgan fingerprint density at radius 1 is 1.33 bits per heavy atom. The molecule has 114 valence electrons. The van der Waals surface area contributed by atoms with Crippen LogP contribution in [0.3, 0.4) is 0 Å². The average Bonchev–Trinajstić information content (AvgIpc) is 2.90. The molecule has 0 spiro atoms. The Balaban J connectivity index is 2.08. The highest BCUT2D eigenvalue weighted by molar-refractivity contribution is 9.10. The minimum Gasteiger partial charge on any atom is -0.479 e. The third kappa shape index (κ3) is 3.83. The maximum atomic E-state index is 12.2. The third-order valence-corrected chi connectivity index (χ3v) is 3.97. The van der Waals surface area contributed by atoms with Gasteiger partial charge in [-0.15, -0.1) is 0 Å². The molecule has 0 saturated carbocycles. The number of carbonyl (C=O) groups excluding carboxylic acids is 1. The Morgan fingerprint density at radius 2 is 2.00 bits per heavy atom. The van der Waals surface area contributed by atoms with Gasteiger partial charge in [-0.2, -0.15) is 0 Å². The van der Waals surface area contributed by atoms with Crippen LogP contribution in [-0.2, 0) is 14.3 Å². The maximum absolute atomic E-state index is 12.2. The van der Waals surface area contributed by atoms with Crippen LogP contribution < -0.4 is 5.32 Å². The van der Waals surface area contributed by atoms with Crippen molar-refractivity contribution in [3.8, 4) is 0 Å². The fraction of sp³-hybridized carbons (Fsp3) is 0.467. The lowest BCUT2D eigenvalue weighted by molar-refractivity contribution is -0.150. The van der Waals surface area contributed by atoms with E-state index in [0.717, 1.165) is 15.7 Å². The molecule has 0 aromatic heterocycles. The van der Waals surface area contributed by atoms with Crippen LogP contribution in [0, 0.1) is 0 Å². The average molecular weight is 356 g/mol. The highest BCUT2D eigenvalue weighted by Gasteiger charge is 2.34. The van der Waals surface area contributed by atoms with Gasteiger partial charge in [0.2, 0.25) is 0 Å². The van der Waals surface area contributed by atoms with E-state index in [1.54, 1.807) is 0 Å². The molecule has 0 unspecified atom stereocenters. The lowest BCUT2D eigenvalue weighted by Gasteiger charge is -2.17. The molecule has 2 atom stereocenters. The number of anilines is 1. The molecule has 21 heavy (non-hydrogen) atoms. The number of halogens is 1. The molecule has 6 heteroatoms. The number of aliphatic carboxylic acids is 1. The topological polar surface area (TPSA) is 75.6 Å². The van der Waals surface area contributed by atoms with Gasteiger partial charge < -0.3 is 15.2 Å². The SMILES string of the molecule is CC(C)c1cc(Br)ccc1NC(=O)[C@@H]1CC[C@H](C(=O)O)O1. The fourth-order valence-corrected chi connectivity index (χ4v) is 2.73. The minimum absolute atomic E-state index is 0.258. The Bertz CT molecular complexity index is 559. The van der Waals surface area contributed by atoms with E-state index in [4.69, 9.17) is 9.84 Å². The lowest BCUT2D eigenvalue weighted by Crippen LogP contribution is -2.30. The molecule has 1 aromatic carbocycles. The van der Waals surface area contributed by atoms with Crippen molar-refractivity contribution >= 4 is 33.5 Å². The Hall–Kier alpha value is -1.40. The van der Waals surface area contributed by atoms with Crippen molar-refractivity contribution < 1.29 is 19.4 Å². The largest absolute Gasteiger partial charge is 0.479 e. The molecule has 1 aliphatic heterocycles. The van der Waals surface area contributed by atoms with Gasteiger partial charge >= 0.3 is 5.97 Å². The molecule has 1 amide bonds. The number of carboxylic acids is 1. The Kier molecular flexibility index (Phi) is 5.00. The van der Waals surface area contributed by atoms with Crippen molar-refractivity contribution in [2.45, 2.75) is 44.8 Å². The molecule has 2 N–H and O–H groups in total. The van der Waals surface area contributed by atoms with Crippen LogP contribution in [0.1, 0.15) is 38.2 Å². The predicted molar refractivity (Wildman–Crippen MR) is 82.4 cm³/mol. The second kappa shape index (κ2) is 6.58. The van der Waals surface area contributed by atoms with Gasteiger partial charge in [0.05, 0.1) is 0 Å². The van der Waals surface area contributed by atoms with Crippen molar-refractivity contribution in [1.29, 1.82) is 0 Å². The van der Waals surface area contributed by atoms with Gasteiger partial charge in [0, 0.05) is 10.2 Å². The number of carboxylic acid groups (broad SMARTS) is 1. The van der Waals surface area contributed by atoms with Gasteiger partial charge in [-0.3, -0.25) is 4.79 Å². The lowest BCUT2D eigenvalue weighted by atomic mass is 10.0. The van der Waals surface area contributed by atoms with Crippen LogP contribution in [0.4, 0.5) is 5.69 Å². The van der Waals surface area contributed by atoms with Crippen LogP contribution >= 0.6 is 15.9 Å². The quantitative estimate of drug-likeness (QED) is 0.869. The van der Waals surface area contributed by atoms with Gasteiger partial charge in [0.1, 0.15) is 6.10 Å². The number of hydrogen-bond donors (Lipinski definition) is 2. The van der Waals surface area contributed by atoms with Gasteiger partial charge in [-0.05, 0) is 42.5 Å². The van der Waals surface area contributed by atoms with E-state index in [2.05, 4.69) is 21.2 Å². The van der Waals surface area contributed by atoms with Crippen molar-refractivity contribution in [2.75, 3.05) is 5.32 Å². The summed E-state index contributed by atoms with van der Waals surface area (Å²) in [6.07, 6.45) is -0.786. The van der Waals surface area contributed by atoms with Crippen molar-refractivity contribution in [2.24, 2.45) is 0 Å². The third-order valence-electron chi connectivity index (χ3n) is 3.48. The first-order valence-corrected chi connectivity index (χ1v) is 7.66. The van der Waals surface area contributed by atoms with E-state index in [1.165, 1.54) is 0 Å². The molecular formula is C15H18BrNO4. The van der Waals surface area contributed by atoms with Gasteiger partial charge in [-0.25, -0.2) is 4.79 Å². The molecule has 1 fully saturated rings. The highest BCUT2D eigenvalue weighted by Crippen LogP contribution is 2.29. The van der Waals surface area contributed by atoms with E-state index in [-0.39, 0.29) is 11.8 Å². The van der Waals surface area contributed by atoms with E-state index < -0.39 is 18.2 Å². The molecular weight excluding hydrogens is 338 g/mol. The van der Waals surface area contributed by atoms with Crippen LogP contribution in [0.25, 0.3) is 0 Å². The summed E-state index contributed by atoms with van der Waals surface area (Å²) in [4.78, 5) is 23.0. The second-order valence-electron chi connectivity index (χ2n) is 5.40. The summed E-state index contributed by atoms with van der Waals surface area (Å²) in [5.74, 6) is -1.05. The summed E-state index contributed by atoms with van der Waals surface area (Å²) in [6.45, 7) is 4.09. The van der Waals surface area contributed by atoms with Crippen LogP contribution in [0.5, 0.6) is 0 Å². The summed E-state index contributed by atoms with van der Waals surface area (Å²) >= 11 is 3.42. The number of hydrogen-bond acceptors (Lipinski definition) is 3. The molecule has 5 nitrogen and oxygen atoms in total. The zero-order chi connectivity index (χ0) is 15.6. The second-order valence-corrected chi connectivity index (χ2v) is 6.32. The van der Waals surface area contributed by atoms with Crippen LogP contribution in [-0.4, -0.2) is 29.2 Å². The van der Waals surface area contributed by atoms with Crippen molar-refractivity contribution in [3.63, 3.8) is 0 Å². The molecule has 2 rings (SSSR count). The van der Waals surface area contributed by atoms with Crippen molar-refractivity contribution in [1.82, 2.24) is 0 Å². The molecule has 0 bridgehead atoms. The van der Waals surface area contributed by atoms with E-state index >= 15 is 0 Å². The first kappa shape index (κ1) is 16.0. The zero-order valence-corrected chi connectivity index (χ0v) is 13.5. The number of benzene rings is 1. The maximum Gasteiger partial charge on any atom is 0.332 e. The zero-order valence-electron chi connectivity index (χ0n) is 11.9. The van der Waals surface area contributed by atoms with E-state index in [1.807, 2.05) is 32.0 Å². The number of nitrogens with one attached hydrogen (secondary N) is 1. The normalized spacial score (nSPS) is 21.5. The molecule has 0 radical (unpaired) electrons. The Labute approximate surface area is 131 Å². The van der Waals surface area contributed by atoms with Crippen LogP contribution in [0.15, 0.2) is 22.7 Å². The summed E-state index contributed by atoms with van der Waals surface area (Å²) in [6, 6.07) is 5.66. The number of carbonyl (C=O) groups is 2. The van der Waals surface area contributed by atoms with Crippen molar-refractivity contribution in [3.05, 3.63) is 28.2 Å². The highest BCUT2D eigenvalue weighted by atomic mass is 79.9. The van der Waals surface area contributed by atoms with E-state index in [0.29, 0.717) is 12.8 Å². The molecule has 0 aliphatic carbocycles. The molecule has 1 aromatic rings. The monoisotopic (exact) mass is 355 g/mol. The van der Waals surface area contributed by atoms with E-state index in [9.17, 15) is 9.59 Å². The van der Waals surface area contributed by atoms with Crippen LogP contribution in [0.2, 0.25) is 0 Å². The molecule has 1 aliphatic rings. The number of ether oxygens (including phenoxy) is 1. The van der Waals surface area contributed by atoms with Gasteiger partial charge in [0.25, 0.3) is 5.91 Å². The predicted octanol–water partition coefficient (Wildman–Crippen LogP) is 3.14. The first-order valence-electron chi connectivity index (χ1n) is 6.87. The first-order chi connectivity index (χ1) is 9.88. The summed E-state index contributed by atoms with van der Waals surface area (Å²) < 4.78 is 6.21. The van der Waals surface area contributed by atoms with Gasteiger partial charge in [0.15, 0.2) is 6.10 Å². The summed E-state index contributed by atoms with van der Waals surface area (Å²) in [7, 11) is 0. The fourth-order valence-electron chi connectivity index (χ4n) is 2.35. The Morgan fingerprint density at radius 3 is 2.57 bits per heavy atom. The minimum atomic E-state index is -1.02.